The molecule has 20 heavy (non-hydrogen) atoms. The SMILES string of the molecule is Nc1ccc(SCc2ccn(C3CCCC3)n2)c(F)c1. The van der Waals surface area contributed by atoms with Gasteiger partial charge in [0.15, 0.2) is 0 Å². The van der Waals surface area contributed by atoms with Crippen LogP contribution in [0.2, 0.25) is 0 Å². The summed E-state index contributed by atoms with van der Waals surface area (Å²) in [6.45, 7) is 0. The van der Waals surface area contributed by atoms with E-state index < -0.39 is 0 Å². The molecule has 0 radical (unpaired) electrons. The predicted octanol–water partition coefficient (Wildman–Crippen LogP) is 4.01. The molecule has 2 N–H and O–H groups in total. The van der Waals surface area contributed by atoms with Gasteiger partial charge in [-0.05, 0) is 37.1 Å². The second-order valence-electron chi connectivity index (χ2n) is 5.20. The second-order valence-corrected chi connectivity index (χ2v) is 6.22. The lowest BCUT2D eigenvalue weighted by molar-refractivity contribution is 0.464. The third kappa shape index (κ3) is 2.98. The Bertz CT molecular complexity index is 591. The van der Waals surface area contributed by atoms with E-state index in [0.717, 1.165) is 5.69 Å². The standard InChI is InChI=1S/C15H18FN3S/c16-14-9-11(17)5-6-15(14)20-10-12-7-8-19(18-12)13-3-1-2-4-13/h5-9,13H,1-4,10,17H2. The molecule has 1 heterocycles. The average Bonchev–Trinajstić information content (AvgIpc) is 3.08. The highest BCUT2D eigenvalue weighted by Crippen LogP contribution is 2.30. The molecule has 0 saturated heterocycles. The van der Waals surface area contributed by atoms with Crippen molar-refractivity contribution in [2.75, 3.05) is 5.73 Å². The molecule has 3 rings (SSSR count). The number of hydrogen-bond acceptors (Lipinski definition) is 3. The molecule has 0 amide bonds. The van der Waals surface area contributed by atoms with Crippen LogP contribution < -0.4 is 5.73 Å². The Morgan fingerprint density at radius 1 is 1.30 bits per heavy atom. The number of nitrogens with two attached hydrogens (primary N) is 1. The number of anilines is 1. The number of nitrogen functional groups attached to an aromatic ring is 1. The Hall–Kier alpha value is -1.49. The third-order valence-corrected chi connectivity index (χ3v) is 4.78. The molecule has 0 spiro atoms. The monoisotopic (exact) mass is 291 g/mol. The molecule has 0 unspecified atom stereocenters. The quantitative estimate of drug-likeness (QED) is 0.683. The van der Waals surface area contributed by atoms with E-state index in [2.05, 4.69) is 9.78 Å². The molecule has 1 aliphatic carbocycles. The zero-order valence-electron chi connectivity index (χ0n) is 11.3. The van der Waals surface area contributed by atoms with Crippen molar-refractivity contribution in [3.63, 3.8) is 0 Å². The van der Waals surface area contributed by atoms with Gasteiger partial charge in [0.05, 0.1) is 11.7 Å². The maximum atomic E-state index is 13.7. The number of nitrogens with zero attached hydrogens (tertiary/aromatic N) is 2. The minimum atomic E-state index is -0.259. The Kier molecular flexibility index (Phi) is 3.96. The van der Waals surface area contributed by atoms with Gasteiger partial charge in [-0.25, -0.2) is 4.39 Å². The summed E-state index contributed by atoms with van der Waals surface area (Å²) in [6.07, 6.45) is 7.09. The van der Waals surface area contributed by atoms with Crippen LogP contribution in [-0.4, -0.2) is 9.78 Å². The van der Waals surface area contributed by atoms with Gasteiger partial charge in [-0.15, -0.1) is 11.8 Å². The molecule has 1 aromatic heterocycles. The molecule has 1 aromatic carbocycles. The molecule has 0 bridgehead atoms. The summed E-state index contributed by atoms with van der Waals surface area (Å²) >= 11 is 1.46. The van der Waals surface area contributed by atoms with Gasteiger partial charge in [-0.3, -0.25) is 4.68 Å². The highest BCUT2D eigenvalue weighted by atomic mass is 32.2. The van der Waals surface area contributed by atoms with Crippen molar-refractivity contribution in [2.45, 2.75) is 42.4 Å². The number of halogens is 1. The van der Waals surface area contributed by atoms with Crippen molar-refractivity contribution in [3.05, 3.63) is 42.0 Å². The largest absolute Gasteiger partial charge is 0.399 e. The molecular weight excluding hydrogens is 273 g/mol. The summed E-state index contributed by atoms with van der Waals surface area (Å²) in [7, 11) is 0. The van der Waals surface area contributed by atoms with E-state index in [1.54, 1.807) is 12.1 Å². The van der Waals surface area contributed by atoms with Gasteiger partial charge in [-0.1, -0.05) is 12.8 Å². The van der Waals surface area contributed by atoms with Gasteiger partial charge in [0, 0.05) is 22.5 Å². The third-order valence-electron chi connectivity index (χ3n) is 3.69. The lowest BCUT2D eigenvalue weighted by Gasteiger charge is -2.08. The molecular formula is C15H18FN3S. The second kappa shape index (κ2) is 5.87. The first-order valence-corrected chi connectivity index (χ1v) is 7.93. The highest BCUT2D eigenvalue weighted by molar-refractivity contribution is 7.98. The van der Waals surface area contributed by atoms with E-state index in [-0.39, 0.29) is 5.82 Å². The minimum Gasteiger partial charge on any atom is -0.399 e. The first kappa shape index (κ1) is 13.5. The molecule has 0 aliphatic heterocycles. The predicted molar refractivity (Wildman–Crippen MR) is 80.1 cm³/mol. The van der Waals surface area contributed by atoms with Gasteiger partial charge in [0.25, 0.3) is 0 Å². The van der Waals surface area contributed by atoms with Crippen LogP contribution in [0.15, 0.2) is 35.4 Å². The minimum absolute atomic E-state index is 0.259. The molecule has 3 nitrogen and oxygen atoms in total. The maximum Gasteiger partial charge on any atom is 0.138 e. The van der Waals surface area contributed by atoms with Gasteiger partial charge in [0.1, 0.15) is 5.82 Å². The first-order valence-electron chi connectivity index (χ1n) is 6.94. The lowest BCUT2D eigenvalue weighted by atomic mass is 10.3. The molecule has 1 saturated carbocycles. The van der Waals surface area contributed by atoms with Gasteiger partial charge in [-0.2, -0.15) is 5.10 Å². The van der Waals surface area contributed by atoms with Crippen LogP contribution in [0.5, 0.6) is 0 Å². The van der Waals surface area contributed by atoms with E-state index in [1.807, 2.05) is 12.3 Å². The summed E-state index contributed by atoms with van der Waals surface area (Å²) < 4.78 is 15.7. The maximum absolute atomic E-state index is 13.7. The molecule has 1 aliphatic rings. The van der Waals surface area contributed by atoms with Crippen LogP contribution in [0, 0.1) is 5.82 Å². The summed E-state index contributed by atoms with van der Waals surface area (Å²) in [4.78, 5) is 0.620. The van der Waals surface area contributed by atoms with Crippen LogP contribution in [0.4, 0.5) is 10.1 Å². The van der Waals surface area contributed by atoms with Gasteiger partial charge < -0.3 is 5.73 Å². The van der Waals surface area contributed by atoms with Crippen LogP contribution in [0.1, 0.15) is 37.4 Å². The van der Waals surface area contributed by atoms with Crippen molar-refractivity contribution >= 4 is 17.4 Å². The van der Waals surface area contributed by atoms with Crippen molar-refractivity contribution in [2.24, 2.45) is 0 Å². The fourth-order valence-corrected chi connectivity index (χ4v) is 3.43. The summed E-state index contributed by atoms with van der Waals surface area (Å²) in [5.74, 6) is 0.422. The zero-order valence-corrected chi connectivity index (χ0v) is 12.1. The molecule has 2 aromatic rings. The number of rotatable bonds is 4. The smallest absolute Gasteiger partial charge is 0.138 e. The Morgan fingerprint density at radius 2 is 2.10 bits per heavy atom. The van der Waals surface area contributed by atoms with E-state index in [0.29, 0.717) is 22.4 Å². The fourth-order valence-electron chi connectivity index (χ4n) is 2.61. The van der Waals surface area contributed by atoms with Crippen molar-refractivity contribution in [1.82, 2.24) is 9.78 Å². The lowest BCUT2D eigenvalue weighted by Crippen LogP contribution is -2.05. The number of aromatic nitrogens is 2. The Morgan fingerprint density at radius 3 is 2.85 bits per heavy atom. The van der Waals surface area contributed by atoms with Gasteiger partial charge in [0.2, 0.25) is 0 Å². The molecule has 0 atom stereocenters. The van der Waals surface area contributed by atoms with Crippen molar-refractivity contribution in [3.8, 4) is 0 Å². The van der Waals surface area contributed by atoms with Crippen LogP contribution >= 0.6 is 11.8 Å². The Balaban J connectivity index is 1.63. The Labute approximate surface area is 122 Å². The highest BCUT2D eigenvalue weighted by Gasteiger charge is 2.17. The fraction of sp³-hybridized carbons (Fsp3) is 0.400. The topological polar surface area (TPSA) is 43.8 Å². The average molecular weight is 291 g/mol. The van der Waals surface area contributed by atoms with Crippen molar-refractivity contribution in [1.29, 1.82) is 0 Å². The van der Waals surface area contributed by atoms with E-state index >= 15 is 0 Å². The normalized spacial score (nSPS) is 15.8. The van der Waals surface area contributed by atoms with E-state index in [1.165, 1.54) is 43.5 Å². The summed E-state index contributed by atoms with van der Waals surface area (Å²) in [5, 5.41) is 4.60. The van der Waals surface area contributed by atoms with Gasteiger partial charge >= 0.3 is 0 Å². The van der Waals surface area contributed by atoms with E-state index in [4.69, 9.17) is 5.73 Å². The zero-order chi connectivity index (χ0) is 13.9. The first-order chi connectivity index (χ1) is 9.72. The van der Waals surface area contributed by atoms with Crippen LogP contribution in [0.25, 0.3) is 0 Å². The van der Waals surface area contributed by atoms with Crippen molar-refractivity contribution < 1.29 is 4.39 Å². The number of thioether (sulfide) groups is 1. The van der Waals surface area contributed by atoms with Crippen LogP contribution in [0.3, 0.4) is 0 Å². The molecule has 1 fully saturated rings. The molecule has 106 valence electrons. The summed E-state index contributed by atoms with van der Waals surface area (Å²) in [6, 6.07) is 7.40. The number of benzene rings is 1. The molecule has 5 heteroatoms. The summed E-state index contributed by atoms with van der Waals surface area (Å²) in [5.41, 5.74) is 7.00. The van der Waals surface area contributed by atoms with Crippen LogP contribution in [-0.2, 0) is 5.75 Å². The number of hydrogen-bond donors (Lipinski definition) is 1. The van der Waals surface area contributed by atoms with E-state index in [9.17, 15) is 4.39 Å².